The number of amides is 1. The van der Waals surface area contributed by atoms with Crippen molar-refractivity contribution < 1.29 is 4.79 Å². The molecule has 1 N–H and O–H groups in total. The summed E-state index contributed by atoms with van der Waals surface area (Å²) in [6.45, 7) is 12.2. The lowest BCUT2D eigenvalue weighted by Gasteiger charge is -2.22. The molecule has 0 bridgehead atoms. The molecule has 2 rings (SSSR count). The third-order valence-electron chi connectivity index (χ3n) is 2.38. The molecule has 1 unspecified atom stereocenters. The van der Waals surface area contributed by atoms with Gasteiger partial charge < -0.3 is 0 Å². The van der Waals surface area contributed by atoms with Gasteiger partial charge in [-0.3, -0.25) is 15.2 Å². The molecule has 4 heteroatoms. The van der Waals surface area contributed by atoms with E-state index in [9.17, 15) is 4.79 Å². The van der Waals surface area contributed by atoms with Crippen molar-refractivity contribution >= 4 is 11.7 Å². The third kappa shape index (κ3) is 5.28. The summed E-state index contributed by atoms with van der Waals surface area (Å²) in [5.41, 5.74) is 3.86. The number of carbonyl (C=O) groups excluding carboxylic acids is 1. The Morgan fingerprint density at radius 1 is 1.42 bits per heavy atom. The number of pyridine rings is 1. The first-order valence-electron chi connectivity index (χ1n) is 7.10. The van der Waals surface area contributed by atoms with E-state index in [4.69, 9.17) is 0 Å². The number of nitrogens with one attached hydrogen (secondary N) is 1. The van der Waals surface area contributed by atoms with E-state index in [1.165, 1.54) is 6.42 Å². The minimum absolute atomic E-state index is 0.0579. The van der Waals surface area contributed by atoms with Gasteiger partial charge in [0.2, 0.25) is 5.91 Å². The number of rotatable bonds is 1. The minimum Gasteiger partial charge on any atom is -0.273 e. The predicted molar refractivity (Wildman–Crippen MR) is 81.0 cm³/mol. The van der Waals surface area contributed by atoms with Gasteiger partial charge in [-0.1, -0.05) is 40.2 Å². The first kappa shape index (κ1) is 17.4. The van der Waals surface area contributed by atoms with E-state index >= 15 is 0 Å². The molecule has 0 aromatic carbocycles. The zero-order chi connectivity index (χ0) is 14.8. The summed E-state index contributed by atoms with van der Waals surface area (Å²) in [5.74, 6) is 0.897. The summed E-state index contributed by atoms with van der Waals surface area (Å²) in [5, 5.41) is 1.83. The van der Waals surface area contributed by atoms with Gasteiger partial charge >= 0.3 is 0 Å². The summed E-state index contributed by atoms with van der Waals surface area (Å²) in [4.78, 5) is 15.4. The van der Waals surface area contributed by atoms with Crippen molar-refractivity contribution in [2.75, 3.05) is 5.01 Å². The maximum absolute atomic E-state index is 11.2. The first-order chi connectivity index (χ1) is 9.10. The lowest BCUT2D eigenvalue weighted by molar-refractivity contribution is -0.119. The van der Waals surface area contributed by atoms with Crippen molar-refractivity contribution in [3.05, 3.63) is 23.9 Å². The van der Waals surface area contributed by atoms with E-state index in [0.717, 1.165) is 11.4 Å². The van der Waals surface area contributed by atoms with Crippen LogP contribution in [0.15, 0.2) is 18.3 Å². The maximum Gasteiger partial charge on any atom is 0.240 e. The van der Waals surface area contributed by atoms with Gasteiger partial charge in [0.1, 0.15) is 5.82 Å². The van der Waals surface area contributed by atoms with E-state index in [0.29, 0.717) is 6.42 Å². The highest BCUT2D eigenvalue weighted by molar-refractivity contribution is 5.82. The van der Waals surface area contributed by atoms with Crippen molar-refractivity contribution in [1.82, 2.24) is 10.4 Å². The fourth-order valence-electron chi connectivity index (χ4n) is 1.64. The van der Waals surface area contributed by atoms with Crippen LogP contribution >= 0.6 is 0 Å². The Balaban J connectivity index is 0.000000573. The van der Waals surface area contributed by atoms with Gasteiger partial charge in [0.25, 0.3) is 0 Å². The van der Waals surface area contributed by atoms with E-state index in [2.05, 4.69) is 24.3 Å². The molecule has 1 atom stereocenters. The lowest BCUT2D eigenvalue weighted by atomic mass is 10.2. The van der Waals surface area contributed by atoms with Crippen molar-refractivity contribution in [2.24, 2.45) is 0 Å². The average Bonchev–Trinajstić information content (AvgIpc) is 2.72. The molecule has 1 amide bonds. The molecule has 0 saturated carbocycles. The third-order valence-corrected chi connectivity index (χ3v) is 2.38. The highest BCUT2D eigenvalue weighted by atomic mass is 16.2. The Kier molecular flexibility index (Phi) is 8.58. The number of hydrogen-bond donors (Lipinski definition) is 1. The molecule has 4 nitrogen and oxygen atoms in total. The lowest BCUT2D eigenvalue weighted by Crippen LogP contribution is -2.38. The van der Waals surface area contributed by atoms with Crippen LogP contribution in [0.3, 0.4) is 0 Å². The molecule has 1 aliphatic heterocycles. The summed E-state index contributed by atoms with van der Waals surface area (Å²) in [6.07, 6.45) is 3.52. The van der Waals surface area contributed by atoms with E-state index in [1.807, 2.05) is 44.8 Å². The molecular weight excluding hydrogens is 238 g/mol. The SMILES string of the molecule is CC.CCC.Cc1cccnc1N1NC(=O)CC1C. The molecule has 1 aromatic rings. The molecule has 19 heavy (non-hydrogen) atoms. The number of aromatic nitrogens is 1. The van der Waals surface area contributed by atoms with E-state index in [1.54, 1.807) is 6.20 Å². The molecule has 1 fully saturated rings. The topological polar surface area (TPSA) is 45.2 Å². The van der Waals surface area contributed by atoms with Gasteiger partial charge in [-0.2, -0.15) is 0 Å². The van der Waals surface area contributed by atoms with Gasteiger partial charge in [-0.05, 0) is 25.5 Å². The number of carbonyl (C=O) groups is 1. The minimum atomic E-state index is 0.0579. The Bertz CT molecular complexity index is 379. The van der Waals surface area contributed by atoms with E-state index < -0.39 is 0 Å². The second-order valence-corrected chi connectivity index (χ2v) is 4.31. The van der Waals surface area contributed by atoms with Gasteiger partial charge in [0.05, 0.1) is 12.5 Å². The highest BCUT2D eigenvalue weighted by Crippen LogP contribution is 2.21. The van der Waals surface area contributed by atoms with Crippen molar-refractivity contribution in [3.63, 3.8) is 0 Å². The maximum atomic E-state index is 11.2. The van der Waals surface area contributed by atoms with Crippen LogP contribution in [0.1, 0.15) is 53.0 Å². The molecule has 1 aliphatic rings. The van der Waals surface area contributed by atoms with Gasteiger partial charge in [-0.25, -0.2) is 4.98 Å². The van der Waals surface area contributed by atoms with E-state index in [-0.39, 0.29) is 11.9 Å². The fraction of sp³-hybridized carbons (Fsp3) is 0.600. The predicted octanol–water partition coefficient (Wildman–Crippen LogP) is 3.46. The van der Waals surface area contributed by atoms with Crippen LogP contribution < -0.4 is 10.4 Å². The first-order valence-corrected chi connectivity index (χ1v) is 7.10. The highest BCUT2D eigenvalue weighted by Gasteiger charge is 2.28. The zero-order valence-electron chi connectivity index (χ0n) is 13.0. The second kappa shape index (κ2) is 9.36. The number of hydrogen-bond acceptors (Lipinski definition) is 3. The number of aryl methyl sites for hydroxylation is 1. The Morgan fingerprint density at radius 3 is 2.42 bits per heavy atom. The average molecular weight is 265 g/mol. The standard InChI is InChI=1S/C10H13N3O.C3H8.C2H6/c1-7-4-3-5-11-10(7)13-8(2)6-9(14)12-13;1-3-2;1-2/h3-5,8H,6H2,1-2H3,(H,12,14);3H2,1-2H3;1-2H3. The molecule has 1 saturated heterocycles. The van der Waals surface area contributed by atoms with Crippen LogP contribution in [0.25, 0.3) is 0 Å². The van der Waals surface area contributed by atoms with Crippen molar-refractivity contribution in [1.29, 1.82) is 0 Å². The Labute approximate surface area is 117 Å². The summed E-state index contributed by atoms with van der Waals surface area (Å²) < 4.78 is 0. The second-order valence-electron chi connectivity index (χ2n) is 4.31. The van der Waals surface area contributed by atoms with Crippen LogP contribution in [-0.2, 0) is 4.79 Å². The molecule has 1 aromatic heterocycles. The van der Waals surface area contributed by atoms with Crippen molar-refractivity contribution in [2.45, 2.75) is 60.4 Å². The van der Waals surface area contributed by atoms with Crippen LogP contribution in [0.2, 0.25) is 0 Å². The van der Waals surface area contributed by atoms with Gasteiger partial charge in [0.15, 0.2) is 0 Å². The summed E-state index contributed by atoms with van der Waals surface area (Å²) >= 11 is 0. The van der Waals surface area contributed by atoms with Gasteiger partial charge in [-0.15, -0.1) is 0 Å². The molecule has 0 aliphatic carbocycles. The number of hydrazine groups is 1. The normalized spacial score (nSPS) is 16.8. The monoisotopic (exact) mass is 265 g/mol. The fourth-order valence-corrected chi connectivity index (χ4v) is 1.64. The van der Waals surface area contributed by atoms with Gasteiger partial charge in [0, 0.05) is 6.20 Å². The van der Waals surface area contributed by atoms with Crippen LogP contribution in [0, 0.1) is 6.92 Å². The quantitative estimate of drug-likeness (QED) is 0.845. The Morgan fingerprint density at radius 2 is 2.00 bits per heavy atom. The van der Waals surface area contributed by atoms with Crippen LogP contribution in [0.5, 0.6) is 0 Å². The van der Waals surface area contributed by atoms with Crippen LogP contribution in [0.4, 0.5) is 5.82 Å². The Hall–Kier alpha value is -1.58. The van der Waals surface area contributed by atoms with Crippen LogP contribution in [-0.4, -0.2) is 16.9 Å². The molecule has 2 heterocycles. The number of nitrogens with zero attached hydrogens (tertiary/aromatic N) is 2. The zero-order valence-corrected chi connectivity index (χ0v) is 13.0. The molecule has 0 spiro atoms. The molecule has 0 radical (unpaired) electrons. The number of anilines is 1. The molecule has 108 valence electrons. The largest absolute Gasteiger partial charge is 0.273 e. The van der Waals surface area contributed by atoms with Crippen molar-refractivity contribution in [3.8, 4) is 0 Å². The summed E-state index contributed by atoms with van der Waals surface area (Å²) in [6, 6.07) is 4.05. The smallest absolute Gasteiger partial charge is 0.240 e. The summed E-state index contributed by atoms with van der Waals surface area (Å²) in [7, 11) is 0. The molecular formula is C15H27N3O.